The number of nitrogens with zero attached hydrogens (tertiary/aromatic N) is 1. The molecule has 0 saturated carbocycles. The summed E-state index contributed by atoms with van der Waals surface area (Å²) >= 11 is 0. The summed E-state index contributed by atoms with van der Waals surface area (Å²) in [6.07, 6.45) is 0.349. The van der Waals surface area contributed by atoms with Gasteiger partial charge >= 0.3 is 6.09 Å². The first kappa shape index (κ1) is 18.3. The van der Waals surface area contributed by atoms with Gasteiger partial charge in [0.15, 0.2) is 0 Å². The molecule has 0 aliphatic heterocycles. The van der Waals surface area contributed by atoms with Gasteiger partial charge in [0.1, 0.15) is 5.60 Å². The van der Waals surface area contributed by atoms with Gasteiger partial charge in [-0.05, 0) is 51.3 Å². The molecule has 0 aliphatic rings. The molecule has 0 aromatic heterocycles. The van der Waals surface area contributed by atoms with E-state index in [4.69, 9.17) is 10.5 Å². The second-order valence-corrected chi connectivity index (χ2v) is 6.44. The molecule has 22 heavy (non-hydrogen) atoms. The SMILES string of the molecule is CCCN(CCC(O)c1ccc(N)cc1)C(=O)OC(C)(C)C. The molecular formula is C17H28N2O3. The molecule has 0 saturated heterocycles. The highest BCUT2D eigenvalue weighted by Gasteiger charge is 2.22. The maximum absolute atomic E-state index is 12.1. The predicted molar refractivity (Wildman–Crippen MR) is 88.5 cm³/mol. The van der Waals surface area contributed by atoms with Gasteiger partial charge in [0.05, 0.1) is 6.10 Å². The molecule has 0 bridgehead atoms. The number of hydrogen-bond donors (Lipinski definition) is 2. The molecule has 124 valence electrons. The van der Waals surface area contributed by atoms with Crippen LogP contribution in [0.1, 0.15) is 52.2 Å². The van der Waals surface area contributed by atoms with Crippen molar-refractivity contribution in [2.45, 2.75) is 52.2 Å². The van der Waals surface area contributed by atoms with Crippen molar-refractivity contribution in [3.63, 3.8) is 0 Å². The number of carbonyl (C=O) groups excluding carboxylic acids is 1. The van der Waals surface area contributed by atoms with E-state index in [1.54, 1.807) is 29.2 Å². The van der Waals surface area contributed by atoms with Crippen LogP contribution in [-0.4, -0.2) is 34.8 Å². The maximum atomic E-state index is 12.1. The van der Waals surface area contributed by atoms with Crippen LogP contribution < -0.4 is 5.73 Å². The van der Waals surface area contributed by atoms with Crippen LogP contribution in [-0.2, 0) is 4.74 Å². The third-order valence-corrected chi connectivity index (χ3v) is 3.14. The second-order valence-electron chi connectivity index (χ2n) is 6.44. The summed E-state index contributed by atoms with van der Waals surface area (Å²) in [6.45, 7) is 8.61. The normalized spacial score (nSPS) is 12.8. The van der Waals surface area contributed by atoms with Crippen molar-refractivity contribution in [1.82, 2.24) is 4.90 Å². The monoisotopic (exact) mass is 308 g/mol. The van der Waals surface area contributed by atoms with E-state index in [9.17, 15) is 9.90 Å². The van der Waals surface area contributed by atoms with Gasteiger partial charge in [-0.15, -0.1) is 0 Å². The van der Waals surface area contributed by atoms with E-state index in [0.29, 0.717) is 25.2 Å². The van der Waals surface area contributed by atoms with Gasteiger partial charge in [-0.1, -0.05) is 19.1 Å². The minimum atomic E-state index is -0.623. The van der Waals surface area contributed by atoms with Crippen LogP contribution in [0.25, 0.3) is 0 Å². The number of ether oxygens (including phenoxy) is 1. The Hall–Kier alpha value is -1.75. The van der Waals surface area contributed by atoms with Crippen LogP contribution in [0.4, 0.5) is 10.5 Å². The van der Waals surface area contributed by atoms with Crippen molar-refractivity contribution in [3.8, 4) is 0 Å². The van der Waals surface area contributed by atoms with Gasteiger partial charge < -0.3 is 20.5 Å². The summed E-state index contributed by atoms with van der Waals surface area (Å²) in [4.78, 5) is 13.8. The fourth-order valence-electron chi connectivity index (χ4n) is 2.05. The van der Waals surface area contributed by atoms with E-state index in [1.807, 2.05) is 27.7 Å². The lowest BCUT2D eigenvalue weighted by Gasteiger charge is -2.27. The first-order valence-corrected chi connectivity index (χ1v) is 7.74. The number of aliphatic hydroxyl groups is 1. The van der Waals surface area contributed by atoms with Gasteiger partial charge in [-0.3, -0.25) is 0 Å². The predicted octanol–water partition coefficient (Wildman–Crippen LogP) is 3.34. The smallest absolute Gasteiger partial charge is 0.410 e. The molecule has 1 aromatic rings. The Morgan fingerprint density at radius 3 is 2.36 bits per heavy atom. The number of benzene rings is 1. The third-order valence-electron chi connectivity index (χ3n) is 3.14. The van der Waals surface area contributed by atoms with Crippen molar-refractivity contribution in [1.29, 1.82) is 0 Å². The van der Waals surface area contributed by atoms with E-state index < -0.39 is 11.7 Å². The Labute approximate surface area is 133 Å². The zero-order valence-electron chi connectivity index (χ0n) is 14.0. The molecule has 5 nitrogen and oxygen atoms in total. The number of hydrogen-bond acceptors (Lipinski definition) is 4. The summed E-state index contributed by atoms with van der Waals surface area (Å²) in [5.41, 5.74) is 6.59. The van der Waals surface area contributed by atoms with Crippen LogP contribution in [0.5, 0.6) is 0 Å². The molecule has 1 aromatic carbocycles. The summed E-state index contributed by atoms with van der Waals surface area (Å²) in [6, 6.07) is 7.13. The molecule has 1 unspecified atom stereocenters. The lowest BCUT2D eigenvalue weighted by atomic mass is 10.1. The Morgan fingerprint density at radius 1 is 1.27 bits per heavy atom. The largest absolute Gasteiger partial charge is 0.444 e. The second kappa shape index (κ2) is 8.03. The Kier molecular flexibility index (Phi) is 6.68. The van der Waals surface area contributed by atoms with Crippen LogP contribution in [0.2, 0.25) is 0 Å². The highest BCUT2D eigenvalue weighted by atomic mass is 16.6. The standard InChI is InChI=1S/C17H28N2O3/c1-5-11-19(16(21)22-17(2,3)4)12-10-15(20)13-6-8-14(18)9-7-13/h6-9,15,20H,5,10-12,18H2,1-4H3. The first-order valence-electron chi connectivity index (χ1n) is 7.74. The molecule has 1 amide bonds. The molecule has 1 atom stereocenters. The lowest BCUT2D eigenvalue weighted by molar-refractivity contribution is 0.0221. The highest BCUT2D eigenvalue weighted by molar-refractivity contribution is 5.68. The molecule has 3 N–H and O–H groups in total. The number of aliphatic hydroxyl groups excluding tert-OH is 1. The minimum absolute atomic E-state index is 0.334. The topological polar surface area (TPSA) is 75.8 Å². The average molecular weight is 308 g/mol. The summed E-state index contributed by atoms with van der Waals surface area (Å²) in [5, 5.41) is 10.2. The van der Waals surface area contributed by atoms with Crippen molar-refractivity contribution in [2.75, 3.05) is 18.8 Å². The Morgan fingerprint density at radius 2 is 1.86 bits per heavy atom. The summed E-state index contributed by atoms with van der Waals surface area (Å²) in [7, 11) is 0. The van der Waals surface area contributed by atoms with Crippen molar-refractivity contribution in [3.05, 3.63) is 29.8 Å². The molecule has 0 aliphatic carbocycles. The van der Waals surface area contributed by atoms with Crippen molar-refractivity contribution in [2.24, 2.45) is 0 Å². The molecule has 0 spiro atoms. The average Bonchev–Trinajstić information content (AvgIpc) is 2.41. The van der Waals surface area contributed by atoms with Crippen LogP contribution in [0, 0.1) is 0 Å². The molecular weight excluding hydrogens is 280 g/mol. The lowest BCUT2D eigenvalue weighted by Crippen LogP contribution is -2.38. The Balaban J connectivity index is 2.59. The zero-order valence-corrected chi connectivity index (χ0v) is 14.0. The first-order chi connectivity index (χ1) is 10.2. The highest BCUT2D eigenvalue weighted by Crippen LogP contribution is 2.19. The fraction of sp³-hybridized carbons (Fsp3) is 0.588. The molecule has 5 heteroatoms. The van der Waals surface area contributed by atoms with E-state index in [1.165, 1.54) is 0 Å². The minimum Gasteiger partial charge on any atom is -0.444 e. The molecule has 1 rings (SSSR count). The van der Waals surface area contributed by atoms with Gasteiger partial charge in [0, 0.05) is 18.8 Å². The molecule has 0 heterocycles. The van der Waals surface area contributed by atoms with E-state index >= 15 is 0 Å². The van der Waals surface area contributed by atoms with E-state index in [2.05, 4.69) is 0 Å². The van der Waals surface area contributed by atoms with Crippen LogP contribution in [0.3, 0.4) is 0 Å². The number of carbonyl (C=O) groups is 1. The maximum Gasteiger partial charge on any atom is 0.410 e. The number of amides is 1. The molecule has 0 radical (unpaired) electrons. The summed E-state index contributed by atoms with van der Waals surface area (Å²) in [5.74, 6) is 0. The quantitative estimate of drug-likeness (QED) is 0.790. The van der Waals surface area contributed by atoms with Gasteiger partial charge in [-0.2, -0.15) is 0 Å². The van der Waals surface area contributed by atoms with E-state index in [-0.39, 0.29) is 6.09 Å². The zero-order chi connectivity index (χ0) is 16.8. The van der Waals surface area contributed by atoms with Crippen LogP contribution >= 0.6 is 0 Å². The van der Waals surface area contributed by atoms with Gasteiger partial charge in [-0.25, -0.2) is 4.79 Å². The number of rotatable bonds is 6. The molecule has 0 fully saturated rings. The number of nitrogens with two attached hydrogens (primary N) is 1. The van der Waals surface area contributed by atoms with Crippen molar-refractivity contribution >= 4 is 11.8 Å². The van der Waals surface area contributed by atoms with Gasteiger partial charge in [0.25, 0.3) is 0 Å². The van der Waals surface area contributed by atoms with Crippen LogP contribution in [0.15, 0.2) is 24.3 Å². The fourth-order valence-corrected chi connectivity index (χ4v) is 2.05. The third kappa shape index (κ3) is 6.35. The van der Waals surface area contributed by atoms with Gasteiger partial charge in [0.2, 0.25) is 0 Å². The summed E-state index contributed by atoms with van der Waals surface area (Å²) < 4.78 is 5.39. The van der Waals surface area contributed by atoms with E-state index in [0.717, 1.165) is 12.0 Å². The van der Waals surface area contributed by atoms with Crippen molar-refractivity contribution < 1.29 is 14.6 Å². The number of nitrogen functional groups attached to an aromatic ring is 1. The number of anilines is 1. The Bertz CT molecular complexity index is 466.